The van der Waals surface area contributed by atoms with Gasteiger partial charge in [0.1, 0.15) is 5.54 Å². The molecule has 0 heterocycles. The molecular weight excluding hydrogens is 258 g/mol. The molecule has 0 aliphatic heterocycles. The Bertz CT molecular complexity index is 257. The second-order valence-electron chi connectivity index (χ2n) is 5.94. The van der Waals surface area contributed by atoms with Crippen LogP contribution in [0.5, 0.6) is 0 Å². The average Bonchev–Trinajstić information content (AvgIpc) is 2.30. The first-order chi connectivity index (χ1) is 8.84. The van der Waals surface area contributed by atoms with Gasteiger partial charge in [0.15, 0.2) is 0 Å². The minimum Gasteiger partial charge on any atom is -0.480 e. The van der Waals surface area contributed by atoms with E-state index in [1.165, 1.54) is 12.2 Å². The van der Waals surface area contributed by atoms with Gasteiger partial charge < -0.3 is 5.11 Å². The quantitative estimate of drug-likeness (QED) is 0.568. The average molecular weight is 289 g/mol. The summed E-state index contributed by atoms with van der Waals surface area (Å²) in [7, 11) is 0. The summed E-state index contributed by atoms with van der Waals surface area (Å²) in [6.07, 6.45) is 3.55. The number of carbonyl (C=O) groups is 1. The first-order valence-electron chi connectivity index (χ1n) is 7.43. The molecule has 0 radical (unpaired) electrons. The van der Waals surface area contributed by atoms with Crippen molar-refractivity contribution < 1.29 is 9.90 Å². The van der Waals surface area contributed by atoms with Crippen LogP contribution in [0, 0.1) is 5.92 Å². The Kier molecular flexibility index (Phi) is 9.54. The van der Waals surface area contributed by atoms with E-state index >= 15 is 0 Å². The van der Waals surface area contributed by atoms with E-state index in [0.29, 0.717) is 12.8 Å². The third-order valence-electron chi connectivity index (χ3n) is 3.31. The smallest absolute Gasteiger partial charge is 0.323 e. The third kappa shape index (κ3) is 7.83. The lowest BCUT2D eigenvalue weighted by Gasteiger charge is -2.31. The summed E-state index contributed by atoms with van der Waals surface area (Å²) in [5.41, 5.74) is -0.743. The zero-order chi connectivity index (χ0) is 14.9. The van der Waals surface area contributed by atoms with Crippen molar-refractivity contribution in [3.8, 4) is 0 Å². The van der Waals surface area contributed by atoms with Gasteiger partial charge in [-0.3, -0.25) is 10.1 Å². The number of hydrogen-bond acceptors (Lipinski definition) is 3. The van der Waals surface area contributed by atoms with Crippen molar-refractivity contribution in [1.82, 2.24) is 5.32 Å². The van der Waals surface area contributed by atoms with E-state index in [1.807, 2.05) is 32.5 Å². The number of thioether (sulfide) groups is 1. The van der Waals surface area contributed by atoms with Gasteiger partial charge in [-0.2, -0.15) is 11.8 Å². The Hall–Kier alpha value is -0.220. The molecule has 0 spiro atoms. The van der Waals surface area contributed by atoms with Crippen LogP contribution < -0.4 is 5.32 Å². The fourth-order valence-corrected chi connectivity index (χ4v) is 3.31. The predicted molar refractivity (Wildman–Crippen MR) is 84.9 cm³/mol. The van der Waals surface area contributed by atoms with Crippen LogP contribution in [0.4, 0.5) is 0 Å². The van der Waals surface area contributed by atoms with Crippen molar-refractivity contribution >= 4 is 17.7 Å². The van der Waals surface area contributed by atoms with Crippen molar-refractivity contribution in [3.63, 3.8) is 0 Å². The van der Waals surface area contributed by atoms with Crippen molar-refractivity contribution in [1.29, 1.82) is 0 Å². The molecule has 114 valence electrons. The van der Waals surface area contributed by atoms with Gasteiger partial charge in [0.25, 0.3) is 0 Å². The highest BCUT2D eigenvalue weighted by Crippen LogP contribution is 2.21. The van der Waals surface area contributed by atoms with Crippen LogP contribution >= 0.6 is 11.8 Å². The second-order valence-corrected chi connectivity index (χ2v) is 7.16. The number of nitrogens with one attached hydrogen (secondary N) is 1. The molecule has 3 nitrogen and oxygen atoms in total. The molecule has 0 aliphatic carbocycles. The predicted octanol–water partition coefficient (Wildman–Crippen LogP) is 3.78. The van der Waals surface area contributed by atoms with E-state index in [-0.39, 0.29) is 6.04 Å². The van der Waals surface area contributed by atoms with Gasteiger partial charge in [-0.15, -0.1) is 0 Å². The van der Waals surface area contributed by atoms with Crippen molar-refractivity contribution in [2.45, 2.75) is 71.9 Å². The van der Waals surface area contributed by atoms with Crippen LogP contribution in [0.1, 0.15) is 60.3 Å². The molecule has 2 N–H and O–H groups in total. The highest BCUT2D eigenvalue weighted by atomic mass is 32.2. The molecule has 0 aromatic rings. The monoisotopic (exact) mass is 289 g/mol. The highest BCUT2D eigenvalue weighted by Gasteiger charge is 2.36. The van der Waals surface area contributed by atoms with Gasteiger partial charge in [0.2, 0.25) is 0 Å². The first-order valence-corrected chi connectivity index (χ1v) is 8.58. The van der Waals surface area contributed by atoms with Gasteiger partial charge in [0.05, 0.1) is 0 Å². The molecule has 0 rings (SSSR count). The molecule has 0 aliphatic rings. The molecule has 0 saturated heterocycles. The molecule has 0 aromatic heterocycles. The Morgan fingerprint density at radius 3 is 2.32 bits per heavy atom. The molecule has 0 fully saturated rings. The molecule has 1 atom stereocenters. The van der Waals surface area contributed by atoms with Gasteiger partial charge in [-0.25, -0.2) is 0 Å². The Balaban J connectivity index is 4.10. The van der Waals surface area contributed by atoms with Crippen LogP contribution in [0.15, 0.2) is 0 Å². The van der Waals surface area contributed by atoms with E-state index < -0.39 is 11.5 Å². The maximum Gasteiger partial charge on any atom is 0.323 e. The molecule has 4 heteroatoms. The van der Waals surface area contributed by atoms with E-state index in [9.17, 15) is 9.90 Å². The summed E-state index contributed by atoms with van der Waals surface area (Å²) >= 11 is 1.94. The number of hydrogen-bond donors (Lipinski definition) is 2. The minimum atomic E-state index is -0.743. The summed E-state index contributed by atoms with van der Waals surface area (Å²) in [4.78, 5) is 11.5. The van der Waals surface area contributed by atoms with Crippen LogP contribution in [0.2, 0.25) is 0 Å². The Labute approximate surface area is 122 Å². The van der Waals surface area contributed by atoms with Gasteiger partial charge in [0, 0.05) is 6.04 Å². The maximum absolute atomic E-state index is 11.5. The van der Waals surface area contributed by atoms with E-state index in [4.69, 9.17) is 0 Å². The second kappa shape index (κ2) is 9.65. The number of aliphatic carboxylic acids is 1. The SMILES string of the molecule is CCC(CCCSCCC(C)C)(NC(C)C)C(=O)O. The van der Waals surface area contributed by atoms with Gasteiger partial charge >= 0.3 is 5.97 Å². The molecule has 0 saturated carbocycles. The van der Waals surface area contributed by atoms with Crippen molar-refractivity contribution in [3.05, 3.63) is 0 Å². The summed E-state index contributed by atoms with van der Waals surface area (Å²) in [6.45, 7) is 10.4. The lowest BCUT2D eigenvalue weighted by atomic mass is 9.90. The molecule has 0 amide bonds. The molecule has 19 heavy (non-hydrogen) atoms. The zero-order valence-electron chi connectivity index (χ0n) is 13.2. The highest BCUT2D eigenvalue weighted by molar-refractivity contribution is 7.99. The topological polar surface area (TPSA) is 49.3 Å². The summed E-state index contributed by atoms with van der Waals surface area (Å²) in [6, 6.07) is 0.199. The van der Waals surface area contributed by atoms with Crippen LogP contribution in [0.3, 0.4) is 0 Å². The maximum atomic E-state index is 11.5. The zero-order valence-corrected chi connectivity index (χ0v) is 14.0. The number of carboxylic acid groups (broad SMARTS) is 1. The minimum absolute atomic E-state index is 0.199. The van der Waals surface area contributed by atoms with E-state index in [2.05, 4.69) is 19.2 Å². The Morgan fingerprint density at radius 2 is 1.89 bits per heavy atom. The molecule has 0 bridgehead atoms. The normalized spacial score (nSPS) is 14.9. The third-order valence-corrected chi connectivity index (χ3v) is 4.41. The van der Waals surface area contributed by atoms with E-state index in [1.54, 1.807) is 0 Å². The number of carboxylic acids is 1. The standard InChI is InChI=1S/C15H31NO2S/c1-6-15(14(17)18,16-13(4)5)9-7-10-19-11-8-12(2)3/h12-13,16H,6-11H2,1-5H3,(H,17,18). The van der Waals surface area contributed by atoms with Crippen LogP contribution in [-0.2, 0) is 4.79 Å². The first kappa shape index (κ1) is 18.8. The Morgan fingerprint density at radius 1 is 1.26 bits per heavy atom. The molecule has 1 unspecified atom stereocenters. The van der Waals surface area contributed by atoms with Gasteiger partial charge in [-0.05, 0) is 57.0 Å². The summed E-state index contributed by atoms with van der Waals surface area (Å²) in [5, 5.41) is 12.7. The fourth-order valence-electron chi connectivity index (χ4n) is 2.12. The number of rotatable bonds is 11. The van der Waals surface area contributed by atoms with Crippen LogP contribution in [0.25, 0.3) is 0 Å². The summed E-state index contributed by atoms with van der Waals surface area (Å²) in [5.74, 6) is 2.28. The molecule has 0 aromatic carbocycles. The lowest BCUT2D eigenvalue weighted by Crippen LogP contribution is -2.54. The van der Waals surface area contributed by atoms with Gasteiger partial charge in [-0.1, -0.05) is 20.8 Å². The summed E-state index contributed by atoms with van der Waals surface area (Å²) < 4.78 is 0. The lowest BCUT2D eigenvalue weighted by molar-refractivity contribution is -0.145. The fraction of sp³-hybridized carbons (Fsp3) is 0.933. The van der Waals surface area contributed by atoms with Crippen molar-refractivity contribution in [2.24, 2.45) is 5.92 Å². The molecular formula is C15H31NO2S. The largest absolute Gasteiger partial charge is 0.480 e. The van der Waals surface area contributed by atoms with Crippen LogP contribution in [-0.4, -0.2) is 34.2 Å². The van der Waals surface area contributed by atoms with E-state index in [0.717, 1.165) is 18.1 Å². The van der Waals surface area contributed by atoms with Crippen molar-refractivity contribution in [2.75, 3.05) is 11.5 Å².